The van der Waals surface area contributed by atoms with Crippen molar-refractivity contribution in [2.45, 2.75) is 245 Å². The fourth-order valence-corrected chi connectivity index (χ4v) is 7.42. The maximum Gasteiger partial charge on any atom is 0.306 e. The highest BCUT2D eigenvalue weighted by atomic mass is 16.6. The molecule has 0 rings (SSSR count). The highest BCUT2D eigenvalue weighted by molar-refractivity contribution is 5.71. The number of carbonyl (C=O) groups excluding carboxylic acids is 3. The van der Waals surface area contributed by atoms with Crippen LogP contribution in [-0.4, -0.2) is 37.2 Å². The molecule has 71 heavy (non-hydrogen) atoms. The van der Waals surface area contributed by atoms with Crippen LogP contribution in [0.3, 0.4) is 0 Å². The van der Waals surface area contributed by atoms with Gasteiger partial charge >= 0.3 is 17.9 Å². The van der Waals surface area contributed by atoms with Gasteiger partial charge in [-0.15, -0.1) is 0 Å². The normalized spacial score (nSPS) is 13.1. The molecule has 0 aliphatic carbocycles. The van der Waals surface area contributed by atoms with Crippen LogP contribution < -0.4 is 0 Å². The van der Waals surface area contributed by atoms with Crippen molar-refractivity contribution in [3.63, 3.8) is 0 Å². The van der Waals surface area contributed by atoms with Gasteiger partial charge in [-0.05, 0) is 109 Å². The Morgan fingerprint density at radius 2 is 0.620 bits per heavy atom. The summed E-state index contributed by atoms with van der Waals surface area (Å²) in [6.45, 7) is 6.39. The Bertz CT molecular complexity index is 1550. The van der Waals surface area contributed by atoms with E-state index >= 15 is 0 Å². The molecule has 0 saturated heterocycles. The smallest absolute Gasteiger partial charge is 0.306 e. The number of allylic oxidation sites excluding steroid dienone is 22. The van der Waals surface area contributed by atoms with Gasteiger partial charge in [-0.3, -0.25) is 14.4 Å². The number of rotatable bonds is 50. The van der Waals surface area contributed by atoms with Crippen LogP contribution in [0.1, 0.15) is 239 Å². The van der Waals surface area contributed by atoms with Crippen LogP contribution in [0.15, 0.2) is 134 Å². The molecule has 6 heteroatoms. The fourth-order valence-electron chi connectivity index (χ4n) is 7.42. The monoisotopic (exact) mass is 981 g/mol. The predicted molar refractivity (Wildman–Crippen MR) is 306 cm³/mol. The molecule has 1 atom stereocenters. The van der Waals surface area contributed by atoms with Crippen molar-refractivity contribution in [1.29, 1.82) is 0 Å². The van der Waals surface area contributed by atoms with E-state index in [0.717, 1.165) is 122 Å². The van der Waals surface area contributed by atoms with E-state index in [1.165, 1.54) is 70.6 Å². The van der Waals surface area contributed by atoms with Gasteiger partial charge in [0.15, 0.2) is 6.10 Å². The summed E-state index contributed by atoms with van der Waals surface area (Å²) in [6.07, 6.45) is 81.5. The van der Waals surface area contributed by atoms with Gasteiger partial charge in [-0.1, -0.05) is 244 Å². The highest BCUT2D eigenvalue weighted by Crippen LogP contribution is 2.13. The van der Waals surface area contributed by atoms with Gasteiger partial charge in [0.25, 0.3) is 0 Å². The standard InChI is InChI=1S/C65H104O6/c1-4-7-10-13-16-19-22-25-28-31-34-37-40-43-46-49-52-55-58-64(67)70-61-62(60-69-63(66)57-54-51-48-45-42-39-36-33-30-27-24-21-18-15-12-9-6-3)71-65(68)59-56-53-50-47-44-41-38-35-32-29-26-23-20-17-14-11-8-5-2/h9,12,16,18-19,21-22,25,27-32,34-39,45,48,62H,4-8,10-11,13-15,17,20,23-24,26,33,40-44,46-47,49-61H2,1-3H3/b12-9-,19-16-,21-18-,25-22-,30-27-,31-28-,32-29-,37-34-,38-35-,39-36-,48-45-. The van der Waals surface area contributed by atoms with Crippen molar-refractivity contribution in [2.24, 2.45) is 0 Å². The largest absolute Gasteiger partial charge is 0.462 e. The molecule has 0 spiro atoms. The maximum atomic E-state index is 12.9. The lowest BCUT2D eigenvalue weighted by Gasteiger charge is -2.18. The van der Waals surface area contributed by atoms with Gasteiger partial charge in [0, 0.05) is 19.3 Å². The zero-order valence-corrected chi connectivity index (χ0v) is 45.7. The molecule has 0 fully saturated rings. The number of hydrogen-bond acceptors (Lipinski definition) is 6. The Balaban J connectivity index is 4.58. The molecular weight excluding hydrogens is 877 g/mol. The summed E-state index contributed by atoms with van der Waals surface area (Å²) in [5.74, 6) is -1.02. The van der Waals surface area contributed by atoms with Crippen LogP contribution in [0, 0.1) is 0 Å². The second kappa shape index (κ2) is 58.1. The van der Waals surface area contributed by atoms with E-state index in [4.69, 9.17) is 14.2 Å². The molecule has 0 aliphatic heterocycles. The lowest BCUT2D eigenvalue weighted by Crippen LogP contribution is -2.30. The first-order valence-electron chi connectivity index (χ1n) is 28.8. The van der Waals surface area contributed by atoms with Crippen molar-refractivity contribution in [2.75, 3.05) is 13.2 Å². The highest BCUT2D eigenvalue weighted by Gasteiger charge is 2.19. The SMILES string of the molecule is CC/C=C\C/C=C\C/C=C\C/C=C\C/C=C\CCCC(=O)OCC(COC(=O)CCCCCCC\C=C/C=C\C=C/C=C\CCCCC)OC(=O)CCCCCCC/C=C\C=C/CCCCCCCCC. The Hall–Kier alpha value is -4.45. The lowest BCUT2D eigenvalue weighted by atomic mass is 10.1. The van der Waals surface area contributed by atoms with E-state index in [9.17, 15) is 14.4 Å². The van der Waals surface area contributed by atoms with E-state index in [0.29, 0.717) is 12.8 Å². The van der Waals surface area contributed by atoms with Crippen LogP contribution >= 0.6 is 0 Å². The van der Waals surface area contributed by atoms with Gasteiger partial charge in [0.1, 0.15) is 13.2 Å². The lowest BCUT2D eigenvalue weighted by molar-refractivity contribution is -0.167. The average Bonchev–Trinajstić information content (AvgIpc) is 3.37. The zero-order chi connectivity index (χ0) is 51.4. The third-order valence-corrected chi connectivity index (χ3v) is 11.7. The minimum atomic E-state index is -0.825. The molecule has 0 saturated carbocycles. The molecule has 0 bridgehead atoms. The van der Waals surface area contributed by atoms with Gasteiger partial charge in [0.2, 0.25) is 0 Å². The van der Waals surface area contributed by atoms with Crippen LogP contribution in [0.2, 0.25) is 0 Å². The Labute approximate surface area is 436 Å². The molecule has 1 unspecified atom stereocenters. The Morgan fingerprint density at radius 3 is 1.07 bits per heavy atom. The molecule has 0 aliphatic rings. The molecule has 0 N–H and O–H groups in total. The third-order valence-electron chi connectivity index (χ3n) is 11.7. The summed E-state index contributed by atoms with van der Waals surface area (Å²) in [5.41, 5.74) is 0. The minimum Gasteiger partial charge on any atom is -0.462 e. The molecular formula is C65H104O6. The van der Waals surface area contributed by atoms with E-state index < -0.39 is 6.10 Å². The quantitative estimate of drug-likeness (QED) is 0.0199. The first kappa shape index (κ1) is 66.6. The zero-order valence-electron chi connectivity index (χ0n) is 45.7. The van der Waals surface area contributed by atoms with Gasteiger partial charge in [-0.2, -0.15) is 0 Å². The Kier molecular flexibility index (Phi) is 54.5. The second-order valence-corrected chi connectivity index (χ2v) is 18.6. The molecule has 0 aromatic carbocycles. The van der Waals surface area contributed by atoms with Gasteiger partial charge in [0.05, 0.1) is 0 Å². The number of esters is 3. The summed E-state index contributed by atoms with van der Waals surface area (Å²) in [7, 11) is 0. The van der Waals surface area contributed by atoms with Crippen LogP contribution in [0.4, 0.5) is 0 Å². The predicted octanol–water partition coefficient (Wildman–Crippen LogP) is 19.4. The van der Waals surface area contributed by atoms with Gasteiger partial charge < -0.3 is 14.2 Å². The maximum absolute atomic E-state index is 12.9. The molecule has 400 valence electrons. The third kappa shape index (κ3) is 56.3. The number of unbranched alkanes of at least 4 members (excludes halogenated alkanes) is 21. The van der Waals surface area contributed by atoms with Crippen LogP contribution in [0.5, 0.6) is 0 Å². The van der Waals surface area contributed by atoms with Crippen molar-refractivity contribution >= 4 is 17.9 Å². The van der Waals surface area contributed by atoms with Crippen LogP contribution in [-0.2, 0) is 28.6 Å². The fraction of sp³-hybridized carbons (Fsp3) is 0.615. The van der Waals surface area contributed by atoms with Crippen LogP contribution in [0.25, 0.3) is 0 Å². The minimum absolute atomic E-state index is 0.119. The van der Waals surface area contributed by atoms with Crippen molar-refractivity contribution < 1.29 is 28.6 Å². The Morgan fingerprint density at radius 1 is 0.310 bits per heavy atom. The topological polar surface area (TPSA) is 78.9 Å². The van der Waals surface area contributed by atoms with Gasteiger partial charge in [-0.25, -0.2) is 0 Å². The molecule has 0 amide bonds. The van der Waals surface area contributed by atoms with E-state index in [1.54, 1.807) is 0 Å². The van der Waals surface area contributed by atoms with Crippen molar-refractivity contribution in [3.05, 3.63) is 134 Å². The van der Waals surface area contributed by atoms with Crippen molar-refractivity contribution in [1.82, 2.24) is 0 Å². The summed E-state index contributed by atoms with van der Waals surface area (Å²) in [4.78, 5) is 38.2. The first-order chi connectivity index (χ1) is 35.0. The summed E-state index contributed by atoms with van der Waals surface area (Å²) < 4.78 is 16.8. The summed E-state index contributed by atoms with van der Waals surface area (Å²) in [5, 5.41) is 0. The first-order valence-corrected chi connectivity index (χ1v) is 28.8. The number of ether oxygens (including phenoxy) is 3. The van der Waals surface area contributed by atoms with Crippen molar-refractivity contribution in [3.8, 4) is 0 Å². The summed E-state index contributed by atoms with van der Waals surface area (Å²) >= 11 is 0. The molecule has 0 radical (unpaired) electrons. The second-order valence-electron chi connectivity index (χ2n) is 18.6. The summed E-state index contributed by atoms with van der Waals surface area (Å²) in [6, 6.07) is 0. The molecule has 0 aromatic rings. The molecule has 0 aromatic heterocycles. The van der Waals surface area contributed by atoms with E-state index in [2.05, 4.69) is 154 Å². The average molecular weight is 982 g/mol. The number of carbonyl (C=O) groups is 3. The number of hydrogen-bond donors (Lipinski definition) is 0. The van der Waals surface area contributed by atoms with E-state index in [-0.39, 0.29) is 44.0 Å². The van der Waals surface area contributed by atoms with E-state index in [1.807, 2.05) is 0 Å². The molecule has 0 heterocycles. The molecule has 6 nitrogen and oxygen atoms in total.